The number of benzene rings is 1. The van der Waals surface area contributed by atoms with Crippen molar-refractivity contribution in [3.63, 3.8) is 0 Å². The molecule has 3 nitrogen and oxygen atoms in total. The van der Waals surface area contributed by atoms with Crippen LogP contribution in [0.5, 0.6) is 0 Å². The largest absolute Gasteiger partial charge is 0.366 e. The van der Waals surface area contributed by atoms with Gasteiger partial charge in [0.05, 0.1) is 5.69 Å². The molecule has 0 bridgehead atoms. The van der Waals surface area contributed by atoms with Gasteiger partial charge < -0.3 is 5.11 Å². The Balaban J connectivity index is 2.44. The molecule has 0 radical (unpaired) electrons. The van der Waals surface area contributed by atoms with Gasteiger partial charge in [0.1, 0.15) is 0 Å². The fourth-order valence-electron chi connectivity index (χ4n) is 1.76. The first kappa shape index (κ1) is 11.8. The summed E-state index contributed by atoms with van der Waals surface area (Å²) in [5.41, 5.74) is 6.70. The van der Waals surface area contributed by atoms with Gasteiger partial charge in [0, 0.05) is 11.8 Å². The first-order valence-electron chi connectivity index (χ1n) is 5.66. The number of nitrogens with two attached hydrogens (primary N) is 1. The van der Waals surface area contributed by atoms with E-state index in [1.807, 2.05) is 30.3 Å². The van der Waals surface area contributed by atoms with E-state index in [1.54, 1.807) is 18.3 Å². The van der Waals surface area contributed by atoms with Crippen LogP contribution in [0.1, 0.15) is 23.7 Å². The average molecular weight is 228 g/mol. The monoisotopic (exact) mass is 228 g/mol. The van der Waals surface area contributed by atoms with Crippen LogP contribution in [-0.4, -0.2) is 10.1 Å². The van der Waals surface area contributed by atoms with Crippen molar-refractivity contribution in [3.8, 4) is 0 Å². The van der Waals surface area contributed by atoms with Crippen LogP contribution in [0.4, 0.5) is 0 Å². The molecule has 1 atom stereocenters. The van der Waals surface area contributed by atoms with E-state index in [0.717, 1.165) is 12.0 Å². The SMILES string of the molecule is CCc1cccc(C(N)(O)c2ccccn2)c1. The second kappa shape index (κ2) is 4.65. The molecule has 0 amide bonds. The predicted octanol–water partition coefficient (Wildman–Crippen LogP) is 1.80. The van der Waals surface area contributed by atoms with Crippen molar-refractivity contribution in [3.05, 3.63) is 65.5 Å². The number of aliphatic hydroxyl groups is 1. The molecule has 0 spiro atoms. The van der Waals surface area contributed by atoms with Crippen molar-refractivity contribution in [2.75, 3.05) is 0 Å². The molecule has 0 aliphatic heterocycles. The van der Waals surface area contributed by atoms with E-state index in [0.29, 0.717) is 11.3 Å². The summed E-state index contributed by atoms with van der Waals surface area (Å²) in [4.78, 5) is 4.11. The standard InChI is InChI=1S/C14H16N2O/c1-2-11-6-5-7-12(10-11)14(15,17)13-8-3-4-9-16-13/h3-10,17H,2,15H2,1H3. The van der Waals surface area contributed by atoms with Crippen LogP contribution in [-0.2, 0) is 12.1 Å². The van der Waals surface area contributed by atoms with E-state index in [-0.39, 0.29) is 0 Å². The number of nitrogens with zero attached hydrogens (tertiary/aromatic N) is 1. The molecule has 1 aromatic carbocycles. The van der Waals surface area contributed by atoms with Gasteiger partial charge in [0.15, 0.2) is 5.72 Å². The fraction of sp³-hybridized carbons (Fsp3) is 0.214. The lowest BCUT2D eigenvalue weighted by molar-refractivity contribution is 0.0836. The Hall–Kier alpha value is -1.71. The summed E-state index contributed by atoms with van der Waals surface area (Å²) in [5.74, 6) is 0. The van der Waals surface area contributed by atoms with Gasteiger partial charge in [-0.25, -0.2) is 0 Å². The second-order valence-electron chi connectivity index (χ2n) is 4.04. The lowest BCUT2D eigenvalue weighted by Gasteiger charge is -2.23. The molecule has 0 saturated heterocycles. The highest BCUT2D eigenvalue weighted by Crippen LogP contribution is 2.23. The minimum Gasteiger partial charge on any atom is -0.366 e. The third kappa shape index (κ3) is 2.35. The topological polar surface area (TPSA) is 59.1 Å². The molecule has 1 unspecified atom stereocenters. The van der Waals surface area contributed by atoms with Gasteiger partial charge in [-0.15, -0.1) is 0 Å². The van der Waals surface area contributed by atoms with Crippen molar-refractivity contribution < 1.29 is 5.11 Å². The molecule has 88 valence electrons. The van der Waals surface area contributed by atoms with Crippen molar-refractivity contribution in [2.24, 2.45) is 5.73 Å². The number of hydrogen-bond donors (Lipinski definition) is 2. The number of pyridine rings is 1. The number of rotatable bonds is 3. The van der Waals surface area contributed by atoms with Gasteiger partial charge >= 0.3 is 0 Å². The Morgan fingerprint density at radius 1 is 1.24 bits per heavy atom. The summed E-state index contributed by atoms with van der Waals surface area (Å²) in [6.07, 6.45) is 2.53. The molecular formula is C14H16N2O. The Morgan fingerprint density at radius 3 is 2.71 bits per heavy atom. The van der Waals surface area contributed by atoms with E-state index in [4.69, 9.17) is 5.73 Å². The molecule has 0 aliphatic rings. The highest BCUT2D eigenvalue weighted by Gasteiger charge is 2.27. The minimum atomic E-state index is -1.54. The zero-order valence-corrected chi connectivity index (χ0v) is 9.80. The van der Waals surface area contributed by atoms with Crippen molar-refractivity contribution >= 4 is 0 Å². The van der Waals surface area contributed by atoms with Gasteiger partial charge in [0.25, 0.3) is 0 Å². The number of aromatic nitrogens is 1. The summed E-state index contributed by atoms with van der Waals surface area (Å²) in [6, 6.07) is 13.0. The van der Waals surface area contributed by atoms with E-state index < -0.39 is 5.72 Å². The van der Waals surface area contributed by atoms with Crippen LogP contribution in [0.2, 0.25) is 0 Å². The zero-order valence-electron chi connectivity index (χ0n) is 9.80. The maximum atomic E-state index is 10.4. The molecule has 3 N–H and O–H groups in total. The Labute approximate surface area is 101 Å². The summed E-state index contributed by atoms with van der Waals surface area (Å²) in [6.45, 7) is 2.06. The van der Waals surface area contributed by atoms with Crippen LogP contribution < -0.4 is 5.73 Å². The summed E-state index contributed by atoms with van der Waals surface area (Å²) in [5, 5.41) is 10.4. The molecule has 2 rings (SSSR count). The average Bonchev–Trinajstić information content (AvgIpc) is 2.40. The quantitative estimate of drug-likeness (QED) is 0.787. The smallest absolute Gasteiger partial charge is 0.183 e. The van der Waals surface area contributed by atoms with Gasteiger partial charge in [-0.1, -0.05) is 37.3 Å². The van der Waals surface area contributed by atoms with Crippen molar-refractivity contribution in [1.82, 2.24) is 4.98 Å². The third-order valence-electron chi connectivity index (χ3n) is 2.83. The highest BCUT2D eigenvalue weighted by atomic mass is 16.3. The third-order valence-corrected chi connectivity index (χ3v) is 2.83. The second-order valence-corrected chi connectivity index (χ2v) is 4.04. The zero-order chi connectivity index (χ0) is 12.3. The molecule has 2 aromatic rings. The summed E-state index contributed by atoms with van der Waals surface area (Å²) >= 11 is 0. The van der Waals surface area contributed by atoms with Crippen LogP contribution >= 0.6 is 0 Å². The lowest BCUT2D eigenvalue weighted by Crippen LogP contribution is -2.38. The normalized spacial score (nSPS) is 14.3. The van der Waals surface area contributed by atoms with Gasteiger partial charge in [-0.3, -0.25) is 10.7 Å². The Bertz CT molecular complexity index is 495. The molecule has 0 fully saturated rings. The Morgan fingerprint density at radius 2 is 2.06 bits per heavy atom. The first-order valence-corrected chi connectivity index (χ1v) is 5.66. The van der Waals surface area contributed by atoms with Crippen LogP contribution in [0.15, 0.2) is 48.7 Å². The van der Waals surface area contributed by atoms with E-state index in [2.05, 4.69) is 11.9 Å². The molecule has 0 aliphatic carbocycles. The maximum absolute atomic E-state index is 10.4. The van der Waals surface area contributed by atoms with Crippen LogP contribution in [0.25, 0.3) is 0 Å². The minimum absolute atomic E-state index is 0.452. The molecule has 0 saturated carbocycles. The lowest BCUT2D eigenvalue weighted by atomic mass is 9.97. The van der Waals surface area contributed by atoms with E-state index in [1.165, 1.54) is 0 Å². The van der Waals surface area contributed by atoms with Crippen molar-refractivity contribution in [1.29, 1.82) is 0 Å². The summed E-state index contributed by atoms with van der Waals surface area (Å²) in [7, 11) is 0. The van der Waals surface area contributed by atoms with E-state index in [9.17, 15) is 5.11 Å². The number of hydrogen-bond acceptors (Lipinski definition) is 3. The van der Waals surface area contributed by atoms with Crippen LogP contribution in [0, 0.1) is 0 Å². The molecule has 3 heteroatoms. The van der Waals surface area contributed by atoms with Gasteiger partial charge in [-0.05, 0) is 24.1 Å². The first-order chi connectivity index (χ1) is 8.14. The number of aryl methyl sites for hydroxylation is 1. The van der Waals surface area contributed by atoms with E-state index >= 15 is 0 Å². The summed E-state index contributed by atoms with van der Waals surface area (Å²) < 4.78 is 0. The Kier molecular flexibility index (Phi) is 3.22. The maximum Gasteiger partial charge on any atom is 0.183 e. The fourth-order valence-corrected chi connectivity index (χ4v) is 1.76. The van der Waals surface area contributed by atoms with Gasteiger partial charge in [-0.2, -0.15) is 0 Å². The van der Waals surface area contributed by atoms with Gasteiger partial charge in [0.2, 0.25) is 0 Å². The molecule has 1 aromatic heterocycles. The predicted molar refractivity (Wildman–Crippen MR) is 67.2 cm³/mol. The molecule has 17 heavy (non-hydrogen) atoms. The van der Waals surface area contributed by atoms with Crippen LogP contribution in [0.3, 0.4) is 0 Å². The molecular weight excluding hydrogens is 212 g/mol. The van der Waals surface area contributed by atoms with Crippen molar-refractivity contribution in [2.45, 2.75) is 19.1 Å². The highest BCUT2D eigenvalue weighted by molar-refractivity contribution is 5.33. The molecule has 1 heterocycles.